The largest absolute Gasteiger partial charge is 0.494 e. The van der Waals surface area contributed by atoms with Crippen molar-refractivity contribution < 1.29 is 14.3 Å². The number of benzene rings is 1. The van der Waals surface area contributed by atoms with E-state index in [9.17, 15) is 10.1 Å². The van der Waals surface area contributed by atoms with Crippen molar-refractivity contribution in [2.45, 2.75) is 52.1 Å². The highest BCUT2D eigenvalue weighted by atomic mass is 16.5. The molecule has 5 heteroatoms. The van der Waals surface area contributed by atoms with Gasteiger partial charge in [0.05, 0.1) is 17.9 Å². The van der Waals surface area contributed by atoms with Crippen LogP contribution >= 0.6 is 0 Å². The lowest BCUT2D eigenvalue weighted by Crippen LogP contribution is -2.48. The molecule has 5 nitrogen and oxygen atoms in total. The van der Waals surface area contributed by atoms with Crippen LogP contribution in [0.4, 0.5) is 5.69 Å². The van der Waals surface area contributed by atoms with E-state index in [1.807, 2.05) is 13.8 Å². The molecule has 1 N–H and O–H groups in total. The van der Waals surface area contributed by atoms with Gasteiger partial charge < -0.3 is 14.8 Å². The molecule has 0 aliphatic heterocycles. The Kier molecular flexibility index (Phi) is 6.22. The summed E-state index contributed by atoms with van der Waals surface area (Å²) in [6.07, 6.45) is 3.53. The van der Waals surface area contributed by atoms with Gasteiger partial charge in [0.2, 0.25) is 0 Å². The van der Waals surface area contributed by atoms with Crippen molar-refractivity contribution in [3.63, 3.8) is 0 Å². The molecule has 1 fully saturated rings. The van der Waals surface area contributed by atoms with Crippen LogP contribution in [-0.4, -0.2) is 24.7 Å². The number of carbonyl (C=O) groups excluding carboxylic acids is 1. The van der Waals surface area contributed by atoms with Gasteiger partial charge in [-0.25, -0.2) is 0 Å². The summed E-state index contributed by atoms with van der Waals surface area (Å²) in [6, 6.07) is 7.25. The average Bonchev–Trinajstić information content (AvgIpc) is 2.56. The molecule has 1 aromatic rings. The summed E-state index contributed by atoms with van der Waals surface area (Å²) in [4.78, 5) is 12.9. The Morgan fingerprint density at radius 3 is 2.83 bits per heavy atom. The van der Waals surface area contributed by atoms with Gasteiger partial charge in [0.15, 0.2) is 0 Å². The highest BCUT2D eigenvalue weighted by molar-refractivity contribution is 5.98. The first-order valence-corrected chi connectivity index (χ1v) is 8.67. The number of carbonyl (C=O) groups is 1. The van der Waals surface area contributed by atoms with E-state index < -0.39 is 5.60 Å². The number of nitrogens with zero attached hydrogens (tertiary/aromatic N) is 1. The fourth-order valence-electron chi connectivity index (χ4n) is 3.40. The smallest absolute Gasteiger partial charge is 0.256 e. The SMILES string of the molecule is CCOc1ccc(NC(=O)[C@@]2(OCC)CCC[C@H](C)C2)c(C#N)c1. The van der Waals surface area contributed by atoms with Crippen LogP contribution in [0, 0.1) is 17.2 Å². The van der Waals surface area contributed by atoms with Crippen molar-refractivity contribution in [3.8, 4) is 11.8 Å². The molecule has 2 rings (SSSR count). The first kappa shape index (κ1) is 18.3. The second kappa shape index (κ2) is 8.16. The topological polar surface area (TPSA) is 71.3 Å². The summed E-state index contributed by atoms with van der Waals surface area (Å²) >= 11 is 0. The summed E-state index contributed by atoms with van der Waals surface area (Å²) in [5.74, 6) is 0.918. The minimum Gasteiger partial charge on any atom is -0.494 e. The van der Waals surface area contributed by atoms with Crippen LogP contribution < -0.4 is 10.1 Å². The second-order valence-electron chi connectivity index (χ2n) is 6.34. The van der Waals surface area contributed by atoms with Gasteiger partial charge in [-0.05, 0) is 57.2 Å². The summed E-state index contributed by atoms with van der Waals surface area (Å²) in [5.41, 5.74) is 0.102. The highest BCUT2D eigenvalue weighted by Gasteiger charge is 2.42. The number of nitriles is 1. The van der Waals surface area contributed by atoms with Gasteiger partial charge in [-0.1, -0.05) is 13.3 Å². The summed E-state index contributed by atoms with van der Waals surface area (Å²) in [7, 11) is 0. The molecular weight excluding hydrogens is 304 g/mol. The maximum absolute atomic E-state index is 12.9. The Labute approximate surface area is 144 Å². The number of nitrogens with one attached hydrogen (secondary N) is 1. The Morgan fingerprint density at radius 1 is 1.42 bits per heavy atom. The molecule has 0 radical (unpaired) electrons. The molecule has 2 atom stereocenters. The molecule has 130 valence electrons. The van der Waals surface area contributed by atoms with Crippen molar-refractivity contribution in [1.82, 2.24) is 0 Å². The van der Waals surface area contributed by atoms with Gasteiger partial charge in [0.25, 0.3) is 5.91 Å². The van der Waals surface area contributed by atoms with E-state index in [4.69, 9.17) is 9.47 Å². The molecule has 0 aromatic heterocycles. The van der Waals surface area contributed by atoms with Crippen LogP contribution in [0.3, 0.4) is 0 Å². The third-order valence-electron chi connectivity index (χ3n) is 4.46. The maximum atomic E-state index is 12.9. The van der Waals surface area contributed by atoms with E-state index in [2.05, 4.69) is 18.3 Å². The normalized spacial score (nSPS) is 23.3. The lowest BCUT2D eigenvalue weighted by Gasteiger charge is -2.38. The molecule has 1 aromatic carbocycles. The van der Waals surface area contributed by atoms with Crippen molar-refractivity contribution in [2.24, 2.45) is 5.92 Å². The van der Waals surface area contributed by atoms with Crippen LogP contribution in [0.1, 0.15) is 52.0 Å². The quantitative estimate of drug-likeness (QED) is 0.859. The number of anilines is 1. The van der Waals surface area contributed by atoms with Crippen LogP contribution in [-0.2, 0) is 9.53 Å². The third kappa shape index (κ3) is 4.07. The van der Waals surface area contributed by atoms with Crippen molar-refractivity contribution in [3.05, 3.63) is 23.8 Å². The minimum absolute atomic E-state index is 0.156. The first-order chi connectivity index (χ1) is 11.5. The van der Waals surface area contributed by atoms with Gasteiger partial charge in [0, 0.05) is 6.61 Å². The van der Waals surface area contributed by atoms with Gasteiger partial charge in [-0.15, -0.1) is 0 Å². The zero-order chi connectivity index (χ0) is 17.6. The number of hydrogen-bond acceptors (Lipinski definition) is 4. The maximum Gasteiger partial charge on any atom is 0.256 e. The molecule has 0 spiro atoms. The summed E-state index contributed by atoms with van der Waals surface area (Å²) in [6.45, 7) is 6.97. The van der Waals surface area contributed by atoms with Gasteiger partial charge in [-0.3, -0.25) is 4.79 Å². The Hall–Kier alpha value is -2.06. The summed E-state index contributed by atoms with van der Waals surface area (Å²) in [5, 5.41) is 12.3. The molecule has 1 saturated carbocycles. The Balaban J connectivity index is 2.22. The molecule has 24 heavy (non-hydrogen) atoms. The standard InChI is InChI=1S/C19H26N2O3/c1-4-23-16-8-9-17(15(11-16)13-20)21-18(22)19(24-5-2)10-6-7-14(3)12-19/h8-9,11,14H,4-7,10,12H2,1-3H3,(H,21,22)/t14-,19+/m0/s1. The zero-order valence-electron chi connectivity index (χ0n) is 14.7. The molecule has 0 heterocycles. The second-order valence-corrected chi connectivity index (χ2v) is 6.34. The molecule has 1 aliphatic carbocycles. The lowest BCUT2D eigenvalue weighted by molar-refractivity contribution is -0.147. The van der Waals surface area contributed by atoms with Crippen molar-refractivity contribution >= 4 is 11.6 Å². The lowest BCUT2D eigenvalue weighted by atomic mass is 9.78. The van der Waals surface area contributed by atoms with E-state index >= 15 is 0 Å². The highest BCUT2D eigenvalue weighted by Crippen LogP contribution is 2.36. The molecule has 0 bridgehead atoms. The van der Waals surface area contributed by atoms with E-state index in [1.54, 1.807) is 18.2 Å². The minimum atomic E-state index is -0.794. The number of rotatable bonds is 6. The van der Waals surface area contributed by atoms with Gasteiger partial charge in [0.1, 0.15) is 17.4 Å². The fourth-order valence-corrected chi connectivity index (χ4v) is 3.40. The molecule has 1 amide bonds. The number of ether oxygens (including phenoxy) is 2. The summed E-state index contributed by atoms with van der Waals surface area (Å²) < 4.78 is 11.3. The van der Waals surface area contributed by atoms with E-state index in [1.165, 1.54) is 0 Å². The Bertz CT molecular complexity index is 620. The predicted molar refractivity (Wildman–Crippen MR) is 92.9 cm³/mol. The van der Waals surface area contributed by atoms with Gasteiger partial charge in [-0.2, -0.15) is 5.26 Å². The van der Waals surface area contributed by atoms with Crippen molar-refractivity contribution in [2.75, 3.05) is 18.5 Å². The number of amides is 1. The molecular formula is C19H26N2O3. The monoisotopic (exact) mass is 330 g/mol. The average molecular weight is 330 g/mol. The number of hydrogen-bond donors (Lipinski definition) is 1. The van der Waals surface area contributed by atoms with Gasteiger partial charge >= 0.3 is 0 Å². The van der Waals surface area contributed by atoms with Crippen LogP contribution in [0.25, 0.3) is 0 Å². The third-order valence-corrected chi connectivity index (χ3v) is 4.46. The van der Waals surface area contributed by atoms with Crippen LogP contribution in [0.2, 0.25) is 0 Å². The fraction of sp³-hybridized carbons (Fsp3) is 0.579. The van der Waals surface area contributed by atoms with Crippen molar-refractivity contribution in [1.29, 1.82) is 5.26 Å². The van der Waals surface area contributed by atoms with E-state index in [0.717, 1.165) is 19.3 Å². The molecule has 0 unspecified atom stereocenters. The first-order valence-electron chi connectivity index (χ1n) is 8.67. The van der Waals surface area contributed by atoms with E-state index in [0.29, 0.717) is 42.6 Å². The Morgan fingerprint density at radius 2 is 2.21 bits per heavy atom. The molecule has 0 saturated heterocycles. The predicted octanol–water partition coefficient (Wildman–Crippen LogP) is 3.88. The van der Waals surface area contributed by atoms with Crippen LogP contribution in [0.5, 0.6) is 5.75 Å². The zero-order valence-corrected chi connectivity index (χ0v) is 14.7. The van der Waals surface area contributed by atoms with Crippen LogP contribution in [0.15, 0.2) is 18.2 Å². The molecule has 1 aliphatic rings. The van der Waals surface area contributed by atoms with E-state index in [-0.39, 0.29) is 5.91 Å².